The lowest BCUT2D eigenvalue weighted by molar-refractivity contribution is -0.118. The second kappa shape index (κ2) is 6.08. The van der Waals surface area contributed by atoms with E-state index in [0.717, 1.165) is 18.4 Å². The van der Waals surface area contributed by atoms with E-state index in [-0.39, 0.29) is 5.91 Å². The summed E-state index contributed by atoms with van der Waals surface area (Å²) in [4.78, 5) is 19.6. The standard InChI is InChI=1S/C19H14FN5O/c1-21-14-4-2-13(3-5-14)19(8-9-19)18(26)23-17-7-11-25(24-17)15-6-10-22-16(20)12-15/h2-7,10-12H,8-9H2,(H,23,24,26). The number of aromatic nitrogens is 3. The molecule has 26 heavy (non-hydrogen) atoms. The number of amides is 1. The normalized spacial score (nSPS) is 14.5. The zero-order valence-corrected chi connectivity index (χ0v) is 13.7. The molecule has 7 heteroatoms. The molecule has 1 fully saturated rings. The van der Waals surface area contributed by atoms with Gasteiger partial charge in [0.05, 0.1) is 17.7 Å². The minimum Gasteiger partial charge on any atom is -0.308 e. The first kappa shape index (κ1) is 16.0. The van der Waals surface area contributed by atoms with E-state index in [2.05, 4.69) is 20.2 Å². The molecule has 0 spiro atoms. The predicted molar refractivity (Wildman–Crippen MR) is 93.6 cm³/mol. The maximum atomic E-state index is 13.2. The van der Waals surface area contributed by atoms with Gasteiger partial charge in [-0.25, -0.2) is 14.5 Å². The Kier molecular flexibility index (Phi) is 3.73. The molecule has 0 atom stereocenters. The van der Waals surface area contributed by atoms with Crippen molar-refractivity contribution in [2.24, 2.45) is 0 Å². The van der Waals surface area contributed by atoms with Crippen LogP contribution in [0, 0.1) is 12.5 Å². The van der Waals surface area contributed by atoms with Gasteiger partial charge in [-0.2, -0.15) is 9.49 Å². The van der Waals surface area contributed by atoms with Crippen molar-refractivity contribution in [3.63, 3.8) is 0 Å². The fourth-order valence-corrected chi connectivity index (χ4v) is 2.93. The highest BCUT2D eigenvalue weighted by molar-refractivity contribution is 6.00. The van der Waals surface area contributed by atoms with E-state index in [1.165, 1.54) is 16.9 Å². The van der Waals surface area contributed by atoms with E-state index in [0.29, 0.717) is 17.2 Å². The van der Waals surface area contributed by atoms with Crippen molar-refractivity contribution >= 4 is 17.4 Å². The zero-order chi connectivity index (χ0) is 18.1. The van der Waals surface area contributed by atoms with Crippen LogP contribution in [0.5, 0.6) is 0 Å². The molecule has 0 aliphatic heterocycles. The Labute approximate surface area is 149 Å². The van der Waals surface area contributed by atoms with Crippen molar-refractivity contribution in [3.8, 4) is 5.69 Å². The highest BCUT2D eigenvalue weighted by atomic mass is 19.1. The molecule has 1 amide bonds. The van der Waals surface area contributed by atoms with E-state index in [4.69, 9.17) is 6.57 Å². The summed E-state index contributed by atoms with van der Waals surface area (Å²) in [6.07, 6.45) is 4.52. The average molecular weight is 347 g/mol. The molecule has 2 aromatic heterocycles. The van der Waals surface area contributed by atoms with Gasteiger partial charge >= 0.3 is 0 Å². The number of benzene rings is 1. The van der Waals surface area contributed by atoms with Crippen LogP contribution in [0.4, 0.5) is 15.9 Å². The maximum Gasteiger partial charge on any atom is 0.236 e. The number of hydrogen-bond donors (Lipinski definition) is 1. The maximum absolute atomic E-state index is 13.2. The van der Waals surface area contributed by atoms with Gasteiger partial charge < -0.3 is 5.32 Å². The second-order valence-corrected chi connectivity index (χ2v) is 6.18. The first-order valence-corrected chi connectivity index (χ1v) is 8.08. The van der Waals surface area contributed by atoms with E-state index in [1.807, 2.05) is 12.1 Å². The van der Waals surface area contributed by atoms with Gasteiger partial charge in [-0.15, -0.1) is 0 Å². The quantitative estimate of drug-likeness (QED) is 0.579. The lowest BCUT2D eigenvalue weighted by Crippen LogP contribution is -2.28. The summed E-state index contributed by atoms with van der Waals surface area (Å²) in [5.41, 5.74) is 1.41. The SMILES string of the molecule is [C-]#[N+]c1ccc(C2(C(=O)Nc3ccn(-c4ccnc(F)c4)n3)CC2)cc1. The first-order valence-electron chi connectivity index (χ1n) is 8.08. The number of nitrogens with one attached hydrogen (secondary N) is 1. The fraction of sp³-hybridized carbons (Fsp3) is 0.158. The van der Waals surface area contributed by atoms with Crippen LogP contribution in [0.2, 0.25) is 0 Å². The van der Waals surface area contributed by atoms with E-state index >= 15 is 0 Å². The monoisotopic (exact) mass is 347 g/mol. The lowest BCUT2D eigenvalue weighted by Gasteiger charge is -2.14. The molecule has 6 nitrogen and oxygen atoms in total. The van der Waals surface area contributed by atoms with Gasteiger partial charge in [0.25, 0.3) is 0 Å². The van der Waals surface area contributed by atoms with Gasteiger partial charge in [0, 0.05) is 24.5 Å². The molecule has 0 radical (unpaired) electrons. The lowest BCUT2D eigenvalue weighted by atomic mass is 9.95. The Balaban J connectivity index is 1.52. The smallest absolute Gasteiger partial charge is 0.236 e. The van der Waals surface area contributed by atoms with Gasteiger partial charge in [-0.1, -0.05) is 24.3 Å². The average Bonchev–Trinajstić information content (AvgIpc) is 3.35. The number of anilines is 1. The molecule has 1 aliphatic carbocycles. The fourth-order valence-electron chi connectivity index (χ4n) is 2.93. The molecule has 1 aliphatic rings. The molecule has 2 heterocycles. The Morgan fingerprint density at radius 3 is 2.65 bits per heavy atom. The molecule has 1 N–H and O–H groups in total. The number of nitrogens with zero attached hydrogens (tertiary/aromatic N) is 4. The summed E-state index contributed by atoms with van der Waals surface area (Å²) in [5.74, 6) is -0.320. The van der Waals surface area contributed by atoms with Crippen molar-refractivity contribution < 1.29 is 9.18 Å². The zero-order valence-electron chi connectivity index (χ0n) is 13.7. The van der Waals surface area contributed by atoms with Crippen LogP contribution < -0.4 is 5.32 Å². The van der Waals surface area contributed by atoms with Gasteiger partial charge in [-0.3, -0.25) is 4.79 Å². The molecule has 4 rings (SSSR count). The van der Waals surface area contributed by atoms with Gasteiger partial charge in [-0.05, 0) is 24.5 Å². The van der Waals surface area contributed by atoms with Crippen LogP contribution in [0.1, 0.15) is 18.4 Å². The molecule has 1 aromatic carbocycles. The predicted octanol–water partition coefficient (Wildman–Crippen LogP) is 3.63. The topological polar surface area (TPSA) is 64.2 Å². The summed E-state index contributed by atoms with van der Waals surface area (Å²) in [5, 5.41) is 7.11. The third-order valence-electron chi connectivity index (χ3n) is 4.54. The summed E-state index contributed by atoms with van der Waals surface area (Å²) in [6.45, 7) is 7.01. The molecule has 0 unspecified atom stereocenters. The molecule has 128 valence electrons. The second-order valence-electron chi connectivity index (χ2n) is 6.18. The van der Waals surface area contributed by atoms with E-state index in [1.54, 1.807) is 30.5 Å². The van der Waals surface area contributed by atoms with E-state index in [9.17, 15) is 9.18 Å². The van der Waals surface area contributed by atoms with E-state index < -0.39 is 11.4 Å². The number of carbonyl (C=O) groups is 1. The Hall–Kier alpha value is -3.53. The number of pyridine rings is 1. The van der Waals surface area contributed by atoms with Crippen LogP contribution in [0.25, 0.3) is 10.5 Å². The Morgan fingerprint density at radius 1 is 1.23 bits per heavy atom. The largest absolute Gasteiger partial charge is 0.308 e. The third-order valence-corrected chi connectivity index (χ3v) is 4.54. The highest BCUT2D eigenvalue weighted by Gasteiger charge is 2.51. The third kappa shape index (κ3) is 2.82. The van der Waals surface area contributed by atoms with Crippen LogP contribution in [0.15, 0.2) is 54.9 Å². The molecular weight excluding hydrogens is 333 g/mol. The van der Waals surface area contributed by atoms with Gasteiger partial charge in [0.15, 0.2) is 11.5 Å². The molecule has 0 saturated heterocycles. The number of carbonyl (C=O) groups excluding carboxylic acids is 1. The summed E-state index contributed by atoms with van der Waals surface area (Å²) < 4.78 is 14.7. The van der Waals surface area contributed by atoms with Gasteiger partial charge in [0.2, 0.25) is 11.9 Å². The number of rotatable bonds is 4. The Morgan fingerprint density at radius 2 is 2.00 bits per heavy atom. The molecule has 1 saturated carbocycles. The Bertz CT molecular complexity index is 1010. The molecular formula is C19H14FN5O. The first-order chi connectivity index (χ1) is 12.6. The molecule has 0 bridgehead atoms. The van der Waals surface area contributed by atoms with Crippen molar-refractivity contribution in [1.82, 2.24) is 14.8 Å². The van der Waals surface area contributed by atoms with Crippen molar-refractivity contribution in [1.29, 1.82) is 0 Å². The van der Waals surface area contributed by atoms with Gasteiger partial charge in [0.1, 0.15) is 0 Å². The minimum absolute atomic E-state index is 0.126. The summed E-state index contributed by atoms with van der Waals surface area (Å²) >= 11 is 0. The van der Waals surface area contributed by atoms with Crippen LogP contribution in [-0.2, 0) is 10.2 Å². The van der Waals surface area contributed by atoms with Crippen LogP contribution in [0.3, 0.4) is 0 Å². The highest BCUT2D eigenvalue weighted by Crippen LogP contribution is 2.49. The minimum atomic E-state index is -0.594. The van der Waals surface area contributed by atoms with Crippen molar-refractivity contribution in [3.05, 3.63) is 77.8 Å². The van der Waals surface area contributed by atoms with Crippen LogP contribution in [-0.4, -0.2) is 20.7 Å². The van der Waals surface area contributed by atoms with Crippen molar-refractivity contribution in [2.45, 2.75) is 18.3 Å². The molecule has 3 aromatic rings. The van der Waals surface area contributed by atoms with Crippen LogP contribution >= 0.6 is 0 Å². The number of hydrogen-bond acceptors (Lipinski definition) is 3. The summed E-state index contributed by atoms with van der Waals surface area (Å²) in [6, 6.07) is 11.7. The number of halogens is 1. The summed E-state index contributed by atoms with van der Waals surface area (Å²) in [7, 11) is 0. The van der Waals surface area contributed by atoms with Crippen molar-refractivity contribution in [2.75, 3.05) is 5.32 Å².